The predicted octanol–water partition coefficient (Wildman–Crippen LogP) is 25.2. The normalized spacial score (nSPS) is 14.1. The molecule has 6 atom stereocenters. The van der Waals surface area contributed by atoms with Crippen molar-refractivity contribution in [2.45, 2.75) is 464 Å². The second-order valence-electron chi connectivity index (χ2n) is 30.1. The Morgan fingerprint density at radius 2 is 0.471 bits per heavy atom. The third-order valence-corrected chi connectivity index (χ3v) is 21.8. The Kier molecular flexibility index (Phi) is 74.4. The molecule has 19 heteroatoms. The van der Waals surface area contributed by atoms with E-state index >= 15 is 0 Å². The van der Waals surface area contributed by atoms with Crippen LogP contribution in [0.25, 0.3) is 0 Å². The van der Waals surface area contributed by atoms with Gasteiger partial charge in [0.2, 0.25) is 0 Å². The van der Waals surface area contributed by atoms with Gasteiger partial charge in [-0.1, -0.05) is 394 Å². The van der Waals surface area contributed by atoms with Crippen molar-refractivity contribution in [3.05, 3.63) is 0 Å². The number of carbonyl (C=O) groups excluding carboxylic acids is 4. The molecule has 0 heterocycles. The summed E-state index contributed by atoms with van der Waals surface area (Å²) in [5, 5.41) is 10.6. The fourth-order valence-corrected chi connectivity index (χ4v) is 14.5. The van der Waals surface area contributed by atoms with Crippen molar-refractivity contribution >= 4 is 39.5 Å². The van der Waals surface area contributed by atoms with Crippen LogP contribution in [0.15, 0.2) is 0 Å². The van der Waals surface area contributed by atoms with E-state index < -0.39 is 97.5 Å². The maximum Gasteiger partial charge on any atom is 0.472 e. The van der Waals surface area contributed by atoms with Gasteiger partial charge in [0.25, 0.3) is 0 Å². The molecule has 0 aromatic carbocycles. The average molecular weight is 1490 g/mol. The van der Waals surface area contributed by atoms with Crippen LogP contribution >= 0.6 is 15.6 Å². The summed E-state index contributed by atoms with van der Waals surface area (Å²) in [7, 11) is -9.92. The maximum atomic E-state index is 13.1. The van der Waals surface area contributed by atoms with E-state index in [1.807, 2.05) is 0 Å². The molecule has 0 saturated carbocycles. The highest BCUT2D eigenvalue weighted by atomic mass is 31.2. The lowest BCUT2D eigenvalue weighted by Crippen LogP contribution is -2.30. The number of aliphatic hydroxyl groups is 1. The van der Waals surface area contributed by atoms with Gasteiger partial charge in [-0.15, -0.1) is 0 Å². The Hall–Kier alpha value is -1.94. The molecule has 0 spiro atoms. The highest BCUT2D eigenvalue weighted by Crippen LogP contribution is 2.45. The lowest BCUT2D eigenvalue weighted by atomic mass is 9.99. The molecule has 3 unspecified atom stereocenters. The van der Waals surface area contributed by atoms with Crippen molar-refractivity contribution in [2.75, 3.05) is 39.6 Å². The summed E-state index contributed by atoms with van der Waals surface area (Å²) in [4.78, 5) is 73.0. The number of hydrogen-bond donors (Lipinski definition) is 3. The number of esters is 4. The molecule has 0 aromatic rings. The molecule has 0 fully saturated rings. The molecule has 606 valence electrons. The minimum atomic E-state index is -4.96. The van der Waals surface area contributed by atoms with E-state index in [0.717, 1.165) is 95.8 Å². The number of phosphoric ester groups is 2. The van der Waals surface area contributed by atoms with E-state index in [4.69, 9.17) is 37.0 Å². The van der Waals surface area contributed by atoms with Gasteiger partial charge in [-0.25, -0.2) is 9.13 Å². The van der Waals surface area contributed by atoms with E-state index in [0.29, 0.717) is 25.7 Å². The van der Waals surface area contributed by atoms with E-state index in [1.165, 1.54) is 270 Å². The van der Waals surface area contributed by atoms with Gasteiger partial charge in [0.1, 0.15) is 19.3 Å². The molecule has 3 N–H and O–H groups in total. The second-order valence-corrected chi connectivity index (χ2v) is 33.0. The van der Waals surface area contributed by atoms with Gasteiger partial charge in [-0.3, -0.25) is 37.3 Å². The van der Waals surface area contributed by atoms with E-state index in [-0.39, 0.29) is 25.7 Å². The van der Waals surface area contributed by atoms with Crippen LogP contribution in [0.5, 0.6) is 0 Å². The van der Waals surface area contributed by atoms with Gasteiger partial charge in [0, 0.05) is 25.7 Å². The fourth-order valence-electron chi connectivity index (χ4n) is 12.9. The summed E-state index contributed by atoms with van der Waals surface area (Å²) in [5.74, 6) is -1.34. The number of carbonyl (C=O) groups is 4. The first kappa shape index (κ1) is 100. The number of unbranched alkanes of at least 4 members (excludes halogenated alkanes) is 54. The van der Waals surface area contributed by atoms with Crippen molar-refractivity contribution in [1.82, 2.24) is 0 Å². The Labute approximate surface area is 626 Å². The number of hydrogen-bond acceptors (Lipinski definition) is 15. The second kappa shape index (κ2) is 75.9. The Balaban J connectivity index is 5.19. The van der Waals surface area contributed by atoms with E-state index in [2.05, 4.69) is 34.6 Å². The molecule has 0 aliphatic carbocycles. The molecule has 0 radical (unpaired) electrons. The quantitative estimate of drug-likeness (QED) is 0.0222. The monoisotopic (exact) mass is 1490 g/mol. The molecule has 0 rings (SSSR count). The van der Waals surface area contributed by atoms with Crippen LogP contribution in [-0.4, -0.2) is 96.7 Å². The number of ether oxygens (including phenoxy) is 4. The van der Waals surface area contributed by atoms with Gasteiger partial charge in [-0.2, -0.15) is 0 Å². The zero-order chi connectivity index (χ0) is 74.8. The smallest absolute Gasteiger partial charge is 0.462 e. The minimum absolute atomic E-state index is 0.106. The molecule has 0 bridgehead atoms. The fraction of sp³-hybridized carbons (Fsp3) is 0.952. The maximum absolute atomic E-state index is 13.1. The highest BCUT2D eigenvalue weighted by molar-refractivity contribution is 7.47. The van der Waals surface area contributed by atoms with Crippen LogP contribution in [0.2, 0.25) is 0 Å². The predicted molar refractivity (Wildman–Crippen MR) is 418 cm³/mol. The van der Waals surface area contributed by atoms with Gasteiger partial charge in [0.05, 0.1) is 26.4 Å². The first-order valence-electron chi connectivity index (χ1n) is 43.2. The summed E-state index contributed by atoms with van der Waals surface area (Å²) < 4.78 is 68.7. The topological polar surface area (TPSA) is 237 Å². The molecule has 0 aliphatic heterocycles. The molecule has 0 aliphatic rings. The van der Waals surface area contributed by atoms with Crippen LogP contribution in [0, 0.1) is 5.92 Å². The first-order chi connectivity index (χ1) is 49.6. The van der Waals surface area contributed by atoms with Gasteiger partial charge in [0.15, 0.2) is 12.2 Å². The summed E-state index contributed by atoms with van der Waals surface area (Å²) in [6, 6.07) is 0. The lowest BCUT2D eigenvalue weighted by molar-refractivity contribution is -0.161. The Morgan fingerprint density at radius 3 is 0.696 bits per heavy atom. The summed E-state index contributed by atoms with van der Waals surface area (Å²) in [6.45, 7) is 7.31. The minimum Gasteiger partial charge on any atom is -0.462 e. The standard InChI is InChI=1S/C83H162O17P2/c1-6-10-13-16-19-22-24-26-28-30-32-33-34-36-38-40-42-44-47-53-58-63-68-82(87)99-78(73-94-81(86)67-62-57-52-46-43-41-39-37-35-31-29-27-25-23-20-17-14-11-7-2)74-97-101(89,90)95-70-77(84)71-96-102(91,92)98-75-79(72-93-80(85)66-61-56-51-45-21-18-15-12-8-3)100-83(88)69-64-59-54-49-48-50-55-60-65-76(5)9-4/h76-79,84H,6-75H2,1-5H3,(H,89,90)(H,91,92)/t76?,77-,78-,79-/m1/s1. The van der Waals surface area contributed by atoms with Gasteiger partial charge in [-0.05, 0) is 31.6 Å². The summed E-state index contributed by atoms with van der Waals surface area (Å²) in [5.41, 5.74) is 0. The van der Waals surface area contributed by atoms with Crippen molar-refractivity contribution in [1.29, 1.82) is 0 Å². The van der Waals surface area contributed by atoms with Crippen molar-refractivity contribution < 1.29 is 80.2 Å². The zero-order valence-electron chi connectivity index (χ0n) is 66.8. The summed E-state index contributed by atoms with van der Waals surface area (Å²) in [6.07, 6.45) is 68.2. The molecule has 0 saturated heterocycles. The molecular formula is C83H162O17P2. The molecule has 0 aromatic heterocycles. The van der Waals surface area contributed by atoms with Crippen LogP contribution in [0.4, 0.5) is 0 Å². The molecule has 102 heavy (non-hydrogen) atoms. The number of aliphatic hydroxyl groups excluding tert-OH is 1. The largest absolute Gasteiger partial charge is 0.472 e. The lowest BCUT2D eigenvalue weighted by Gasteiger charge is -2.21. The Morgan fingerprint density at radius 1 is 0.275 bits per heavy atom. The number of rotatable bonds is 83. The van der Waals surface area contributed by atoms with Gasteiger partial charge < -0.3 is 33.8 Å². The SMILES string of the molecule is CCCCCCCCCCCCCCCCCCCCCCCCC(=O)O[C@H](COC(=O)CCCCCCCCCCCCCCCCCCCCC)COP(=O)(O)OC[C@@H](O)COP(=O)(O)OC[C@@H](COC(=O)CCCCCCCCCCC)OC(=O)CCCCCCCCCCC(C)CC. The number of phosphoric acid groups is 2. The third-order valence-electron chi connectivity index (χ3n) is 19.9. The molecule has 0 amide bonds. The van der Waals surface area contributed by atoms with E-state index in [1.54, 1.807) is 0 Å². The van der Waals surface area contributed by atoms with Crippen LogP contribution in [0.1, 0.15) is 446 Å². The van der Waals surface area contributed by atoms with Crippen molar-refractivity contribution in [3.63, 3.8) is 0 Å². The Bertz CT molecular complexity index is 1950. The van der Waals surface area contributed by atoms with E-state index in [9.17, 15) is 43.2 Å². The van der Waals surface area contributed by atoms with Gasteiger partial charge >= 0.3 is 39.5 Å². The zero-order valence-corrected chi connectivity index (χ0v) is 68.5. The van der Waals surface area contributed by atoms with Crippen LogP contribution < -0.4 is 0 Å². The third kappa shape index (κ3) is 74.9. The van der Waals surface area contributed by atoms with Crippen molar-refractivity contribution in [2.24, 2.45) is 5.92 Å². The van der Waals surface area contributed by atoms with Crippen molar-refractivity contribution in [3.8, 4) is 0 Å². The summed E-state index contributed by atoms with van der Waals surface area (Å²) >= 11 is 0. The van der Waals surface area contributed by atoms with Crippen LogP contribution in [0.3, 0.4) is 0 Å². The molecule has 17 nitrogen and oxygen atoms in total. The highest BCUT2D eigenvalue weighted by Gasteiger charge is 2.30. The molecular weight excluding hydrogens is 1330 g/mol. The average Bonchev–Trinajstić information content (AvgIpc) is 0.919. The van der Waals surface area contributed by atoms with Crippen LogP contribution in [-0.2, 0) is 65.4 Å². The first-order valence-corrected chi connectivity index (χ1v) is 46.2.